The van der Waals surface area contributed by atoms with Gasteiger partial charge in [0.25, 0.3) is 5.91 Å². The Kier molecular flexibility index (Phi) is 4.58. The van der Waals surface area contributed by atoms with Crippen LogP contribution in [-0.2, 0) is 9.59 Å². The van der Waals surface area contributed by atoms with Crippen LogP contribution in [0.15, 0.2) is 35.4 Å². The summed E-state index contributed by atoms with van der Waals surface area (Å²) in [5.41, 5.74) is -0.473. The normalized spacial score (nSPS) is 25.6. The van der Waals surface area contributed by atoms with E-state index in [9.17, 15) is 14.4 Å². The summed E-state index contributed by atoms with van der Waals surface area (Å²) in [4.78, 5) is 37.6. The molecule has 5 heteroatoms. The summed E-state index contributed by atoms with van der Waals surface area (Å²) in [5, 5.41) is 5.63. The van der Waals surface area contributed by atoms with E-state index in [2.05, 4.69) is 5.10 Å². The first-order valence-corrected chi connectivity index (χ1v) is 8.87. The van der Waals surface area contributed by atoms with Crippen molar-refractivity contribution in [2.45, 2.75) is 46.0 Å². The number of carbonyl (C=O) groups excluding carboxylic acids is 3. The zero-order valence-corrected chi connectivity index (χ0v) is 14.8. The first kappa shape index (κ1) is 17.5. The van der Waals surface area contributed by atoms with Crippen LogP contribution in [0.4, 0.5) is 0 Å². The molecule has 1 aromatic rings. The number of rotatable bonds is 5. The fraction of sp³-hybridized carbons (Fsp3) is 0.500. The molecule has 1 saturated carbocycles. The SMILES string of the molecule is CC1=NN(CC(=O)c2ccccc2)C(=O)C1(C)C1(C=O)CCCCC1. The molecular formula is C20H24N2O3. The van der Waals surface area contributed by atoms with Gasteiger partial charge in [-0.15, -0.1) is 0 Å². The van der Waals surface area contributed by atoms with Gasteiger partial charge >= 0.3 is 0 Å². The summed E-state index contributed by atoms with van der Waals surface area (Å²) in [5.74, 6) is -0.387. The van der Waals surface area contributed by atoms with Gasteiger partial charge in [-0.05, 0) is 26.7 Å². The van der Waals surface area contributed by atoms with Gasteiger partial charge in [0.2, 0.25) is 0 Å². The lowest BCUT2D eigenvalue weighted by Crippen LogP contribution is -2.52. The van der Waals surface area contributed by atoms with E-state index < -0.39 is 10.8 Å². The molecule has 1 amide bonds. The second-order valence-corrected chi connectivity index (χ2v) is 7.30. The first-order valence-electron chi connectivity index (χ1n) is 8.87. The number of hydrazone groups is 1. The van der Waals surface area contributed by atoms with Gasteiger partial charge < -0.3 is 4.79 Å². The average Bonchev–Trinajstić information content (AvgIpc) is 2.87. The Morgan fingerprint density at radius 2 is 1.84 bits per heavy atom. The van der Waals surface area contributed by atoms with Crippen molar-refractivity contribution in [3.05, 3.63) is 35.9 Å². The minimum Gasteiger partial charge on any atom is -0.303 e. The summed E-state index contributed by atoms with van der Waals surface area (Å²) in [6.45, 7) is 3.52. The van der Waals surface area contributed by atoms with Crippen LogP contribution in [-0.4, -0.2) is 35.2 Å². The molecule has 1 unspecified atom stereocenters. The van der Waals surface area contributed by atoms with E-state index in [0.717, 1.165) is 25.5 Å². The summed E-state index contributed by atoms with van der Waals surface area (Å²) >= 11 is 0. The molecule has 1 atom stereocenters. The topological polar surface area (TPSA) is 66.8 Å². The number of benzene rings is 1. The molecule has 0 aromatic heterocycles. The van der Waals surface area contributed by atoms with Crippen molar-refractivity contribution in [1.29, 1.82) is 0 Å². The maximum absolute atomic E-state index is 13.2. The van der Waals surface area contributed by atoms with Gasteiger partial charge in [-0.3, -0.25) is 9.59 Å². The molecule has 3 rings (SSSR count). The fourth-order valence-corrected chi connectivity index (χ4v) is 4.19. The second-order valence-electron chi connectivity index (χ2n) is 7.30. The van der Waals surface area contributed by atoms with Crippen molar-refractivity contribution in [1.82, 2.24) is 5.01 Å². The molecule has 0 N–H and O–H groups in total. The van der Waals surface area contributed by atoms with E-state index >= 15 is 0 Å². The largest absolute Gasteiger partial charge is 0.303 e. The number of ketones is 1. The Bertz CT molecular complexity index is 720. The van der Waals surface area contributed by atoms with E-state index in [1.807, 2.05) is 13.0 Å². The van der Waals surface area contributed by atoms with E-state index in [4.69, 9.17) is 0 Å². The van der Waals surface area contributed by atoms with Crippen LogP contribution in [0.5, 0.6) is 0 Å². The highest BCUT2D eigenvalue weighted by atomic mass is 16.2. The van der Waals surface area contributed by atoms with E-state index in [-0.39, 0.29) is 18.2 Å². The Hall–Kier alpha value is -2.30. The molecular weight excluding hydrogens is 316 g/mol. The van der Waals surface area contributed by atoms with Crippen molar-refractivity contribution >= 4 is 23.7 Å². The zero-order valence-electron chi connectivity index (χ0n) is 14.8. The van der Waals surface area contributed by atoms with Gasteiger partial charge in [0, 0.05) is 11.0 Å². The highest BCUT2D eigenvalue weighted by Crippen LogP contribution is 2.52. The van der Waals surface area contributed by atoms with Gasteiger partial charge in [0.15, 0.2) is 5.78 Å². The van der Waals surface area contributed by atoms with Crippen LogP contribution in [0, 0.1) is 10.8 Å². The van der Waals surface area contributed by atoms with Crippen molar-refractivity contribution in [2.75, 3.05) is 6.54 Å². The number of aldehydes is 1. The van der Waals surface area contributed by atoms with E-state index in [0.29, 0.717) is 24.1 Å². The van der Waals surface area contributed by atoms with Gasteiger partial charge in [-0.2, -0.15) is 5.10 Å². The molecule has 1 aromatic carbocycles. The zero-order chi connectivity index (χ0) is 18.1. The molecule has 2 aliphatic rings. The molecule has 0 radical (unpaired) electrons. The van der Waals surface area contributed by atoms with Gasteiger partial charge in [-0.1, -0.05) is 49.6 Å². The quantitative estimate of drug-likeness (QED) is 0.610. The Labute approximate surface area is 148 Å². The lowest BCUT2D eigenvalue weighted by atomic mass is 9.56. The highest BCUT2D eigenvalue weighted by molar-refractivity contribution is 6.14. The maximum atomic E-state index is 13.2. The third-order valence-corrected chi connectivity index (χ3v) is 6.01. The summed E-state index contributed by atoms with van der Waals surface area (Å²) in [7, 11) is 0. The summed E-state index contributed by atoms with van der Waals surface area (Å²) < 4.78 is 0. The van der Waals surface area contributed by atoms with Crippen molar-refractivity contribution in [3.63, 3.8) is 0 Å². The van der Waals surface area contributed by atoms with Gasteiger partial charge in [0.1, 0.15) is 18.2 Å². The third-order valence-electron chi connectivity index (χ3n) is 6.01. The van der Waals surface area contributed by atoms with Crippen LogP contribution >= 0.6 is 0 Å². The van der Waals surface area contributed by atoms with E-state index in [1.54, 1.807) is 31.2 Å². The predicted molar refractivity (Wildman–Crippen MR) is 95.3 cm³/mol. The Morgan fingerprint density at radius 1 is 1.20 bits per heavy atom. The number of amides is 1. The van der Waals surface area contributed by atoms with Crippen LogP contribution in [0.1, 0.15) is 56.3 Å². The van der Waals surface area contributed by atoms with Gasteiger partial charge in [0.05, 0.1) is 5.71 Å². The molecule has 0 bridgehead atoms. The minimum atomic E-state index is -0.952. The lowest BCUT2D eigenvalue weighted by Gasteiger charge is -2.43. The smallest absolute Gasteiger partial charge is 0.255 e. The lowest BCUT2D eigenvalue weighted by molar-refractivity contribution is -0.146. The minimum absolute atomic E-state index is 0.0925. The molecule has 5 nitrogen and oxygen atoms in total. The first-order chi connectivity index (χ1) is 11.9. The molecule has 1 heterocycles. The van der Waals surface area contributed by atoms with Crippen molar-refractivity contribution in [3.8, 4) is 0 Å². The Balaban J connectivity index is 1.86. The van der Waals surface area contributed by atoms with Gasteiger partial charge in [-0.25, -0.2) is 5.01 Å². The summed E-state index contributed by atoms with van der Waals surface area (Å²) in [6, 6.07) is 8.88. The number of carbonyl (C=O) groups is 3. The average molecular weight is 340 g/mol. The molecule has 1 aliphatic carbocycles. The Morgan fingerprint density at radius 3 is 2.44 bits per heavy atom. The molecule has 132 valence electrons. The molecule has 25 heavy (non-hydrogen) atoms. The number of hydrogen-bond donors (Lipinski definition) is 0. The van der Waals surface area contributed by atoms with Crippen molar-refractivity contribution < 1.29 is 14.4 Å². The predicted octanol–water partition coefficient (Wildman–Crippen LogP) is 3.24. The monoisotopic (exact) mass is 340 g/mol. The molecule has 1 aliphatic heterocycles. The van der Waals surface area contributed by atoms with Crippen LogP contribution in [0.25, 0.3) is 0 Å². The second kappa shape index (κ2) is 6.54. The van der Waals surface area contributed by atoms with Crippen LogP contribution in [0.3, 0.4) is 0 Å². The van der Waals surface area contributed by atoms with Crippen LogP contribution < -0.4 is 0 Å². The standard InChI is InChI=1S/C20H24N2O3/c1-15-19(2,20(14-23)11-7-4-8-12-20)18(25)22(21-15)13-17(24)16-9-5-3-6-10-16/h3,5-6,9-10,14H,4,7-8,11-13H2,1-2H3. The molecule has 1 fully saturated rings. The molecule has 0 saturated heterocycles. The van der Waals surface area contributed by atoms with E-state index in [1.165, 1.54) is 5.01 Å². The summed E-state index contributed by atoms with van der Waals surface area (Å²) in [6.07, 6.45) is 5.34. The fourth-order valence-electron chi connectivity index (χ4n) is 4.19. The van der Waals surface area contributed by atoms with Crippen molar-refractivity contribution in [2.24, 2.45) is 15.9 Å². The number of nitrogens with zero attached hydrogens (tertiary/aromatic N) is 2. The maximum Gasteiger partial charge on any atom is 0.255 e. The number of Topliss-reactive ketones (excluding diaryl/α,β-unsaturated/α-hetero) is 1. The number of hydrogen-bond acceptors (Lipinski definition) is 4. The molecule has 0 spiro atoms. The van der Waals surface area contributed by atoms with Crippen LogP contribution in [0.2, 0.25) is 0 Å². The third kappa shape index (κ3) is 2.71. The highest BCUT2D eigenvalue weighted by Gasteiger charge is 2.59.